The third-order valence-corrected chi connectivity index (χ3v) is 4.98. The Morgan fingerprint density at radius 3 is 2.78 bits per heavy atom. The fourth-order valence-electron chi connectivity index (χ4n) is 3.68. The van der Waals surface area contributed by atoms with E-state index in [-0.39, 0.29) is 24.5 Å². The zero-order valence-corrected chi connectivity index (χ0v) is 14.4. The topological polar surface area (TPSA) is 78.3 Å². The smallest absolute Gasteiger partial charge is 0.125 e. The second-order valence-electron chi connectivity index (χ2n) is 6.73. The lowest BCUT2D eigenvalue weighted by Gasteiger charge is -2.25. The summed E-state index contributed by atoms with van der Waals surface area (Å²) < 4.78 is 0. The van der Waals surface area contributed by atoms with Gasteiger partial charge in [-0.3, -0.25) is 0 Å². The van der Waals surface area contributed by atoms with Crippen LogP contribution in [0.4, 0.5) is 0 Å². The molecule has 0 aromatic carbocycles. The van der Waals surface area contributed by atoms with Crippen molar-refractivity contribution in [3.05, 3.63) is 23.8 Å². The van der Waals surface area contributed by atoms with Gasteiger partial charge in [0.15, 0.2) is 0 Å². The lowest BCUT2D eigenvalue weighted by molar-refractivity contribution is 0.0716. The molecule has 1 aromatic rings. The molecule has 2 rings (SSSR count). The summed E-state index contributed by atoms with van der Waals surface area (Å²) in [5.41, 5.74) is 0.993. The molecule has 4 atom stereocenters. The number of aromatic nitrogens is 2. The van der Waals surface area contributed by atoms with Crippen molar-refractivity contribution in [1.29, 1.82) is 0 Å². The van der Waals surface area contributed by atoms with Crippen LogP contribution in [-0.2, 0) is 6.42 Å². The Labute approximate surface area is 139 Å². The van der Waals surface area contributed by atoms with Crippen LogP contribution in [0.3, 0.4) is 0 Å². The monoisotopic (exact) mass is 321 g/mol. The number of nitrogens with one attached hydrogen (secondary N) is 1. The van der Waals surface area contributed by atoms with Crippen LogP contribution in [0.5, 0.6) is 0 Å². The van der Waals surface area contributed by atoms with Crippen LogP contribution < -0.4 is 5.32 Å². The summed E-state index contributed by atoms with van der Waals surface area (Å²) in [7, 11) is 0. The highest BCUT2D eigenvalue weighted by atomic mass is 16.3. The highest BCUT2D eigenvalue weighted by Crippen LogP contribution is 2.34. The lowest BCUT2D eigenvalue weighted by atomic mass is 9.88. The molecule has 1 aromatic heterocycles. The molecule has 23 heavy (non-hydrogen) atoms. The first-order valence-electron chi connectivity index (χ1n) is 8.96. The summed E-state index contributed by atoms with van der Waals surface area (Å²) in [6.07, 6.45) is 7.78. The number of nitrogens with zero attached hydrogens (tertiary/aromatic N) is 2. The molecule has 0 saturated heterocycles. The molecule has 4 unspecified atom stereocenters. The molecule has 1 saturated carbocycles. The molecule has 0 radical (unpaired) electrons. The molecule has 0 aliphatic heterocycles. The SMILES string of the molecule is CCCCCCNC1CC(O)C(CO)C1Cc1ccnc(C)n1. The van der Waals surface area contributed by atoms with E-state index in [0.717, 1.165) is 24.5 Å². The Morgan fingerprint density at radius 1 is 1.26 bits per heavy atom. The Kier molecular flexibility index (Phi) is 7.40. The van der Waals surface area contributed by atoms with Crippen molar-refractivity contribution in [2.24, 2.45) is 11.8 Å². The first-order chi connectivity index (χ1) is 11.2. The van der Waals surface area contributed by atoms with Gasteiger partial charge in [0, 0.05) is 30.5 Å². The van der Waals surface area contributed by atoms with Crippen molar-refractivity contribution < 1.29 is 10.2 Å². The van der Waals surface area contributed by atoms with Crippen molar-refractivity contribution in [2.75, 3.05) is 13.2 Å². The number of aryl methyl sites for hydroxylation is 1. The van der Waals surface area contributed by atoms with E-state index in [4.69, 9.17) is 0 Å². The van der Waals surface area contributed by atoms with Crippen molar-refractivity contribution in [3.8, 4) is 0 Å². The van der Waals surface area contributed by atoms with E-state index in [1.807, 2.05) is 13.0 Å². The molecule has 1 aliphatic carbocycles. The fourth-order valence-corrected chi connectivity index (χ4v) is 3.68. The van der Waals surface area contributed by atoms with Crippen LogP contribution in [0, 0.1) is 18.8 Å². The normalized spacial score (nSPS) is 27.5. The van der Waals surface area contributed by atoms with E-state index in [9.17, 15) is 10.2 Å². The summed E-state index contributed by atoms with van der Waals surface area (Å²) in [6.45, 7) is 5.12. The van der Waals surface area contributed by atoms with Gasteiger partial charge in [-0.15, -0.1) is 0 Å². The van der Waals surface area contributed by atoms with Crippen LogP contribution >= 0.6 is 0 Å². The molecule has 1 aliphatic rings. The molecule has 0 bridgehead atoms. The second kappa shape index (κ2) is 9.30. The third kappa shape index (κ3) is 5.23. The van der Waals surface area contributed by atoms with E-state index in [0.29, 0.717) is 6.42 Å². The van der Waals surface area contributed by atoms with E-state index in [1.54, 1.807) is 6.20 Å². The second-order valence-corrected chi connectivity index (χ2v) is 6.73. The number of aliphatic hydroxyl groups is 2. The van der Waals surface area contributed by atoms with Crippen LogP contribution in [0.1, 0.15) is 50.5 Å². The van der Waals surface area contributed by atoms with Crippen molar-refractivity contribution in [3.63, 3.8) is 0 Å². The highest BCUT2D eigenvalue weighted by molar-refractivity contribution is 5.07. The summed E-state index contributed by atoms with van der Waals surface area (Å²) >= 11 is 0. The van der Waals surface area contributed by atoms with E-state index >= 15 is 0 Å². The van der Waals surface area contributed by atoms with Gasteiger partial charge in [0.1, 0.15) is 5.82 Å². The quantitative estimate of drug-likeness (QED) is 0.605. The van der Waals surface area contributed by atoms with Crippen molar-refractivity contribution >= 4 is 0 Å². The zero-order chi connectivity index (χ0) is 16.7. The van der Waals surface area contributed by atoms with E-state index < -0.39 is 6.10 Å². The minimum absolute atomic E-state index is 0.0317. The largest absolute Gasteiger partial charge is 0.396 e. The maximum absolute atomic E-state index is 10.3. The van der Waals surface area contributed by atoms with Gasteiger partial charge in [-0.1, -0.05) is 26.2 Å². The van der Waals surface area contributed by atoms with Gasteiger partial charge >= 0.3 is 0 Å². The van der Waals surface area contributed by atoms with Gasteiger partial charge in [0.05, 0.1) is 6.10 Å². The predicted octanol–water partition coefficient (Wildman–Crippen LogP) is 1.86. The maximum Gasteiger partial charge on any atom is 0.125 e. The predicted molar refractivity (Wildman–Crippen MR) is 91.1 cm³/mol. The highest BCUT2D eigenvalue weighted by Gasteiger charge is 2.41. The summed E-state index contributed by atoms with van der Waals surface area (Å²) in [5, 5.41) is 23.6. The van der Waals surface area contributed by atoms with Crippen molar-refractivity contribution in [1.82, 2.24) is 15.3 Å². The Morgan fingerprint density at radius 2 is 2.09 bits per heavy atom. The summed E-state index contributed by atoms with van der Waals surface area (Å²) in [5.74, 6) is 0.916. The maximum atomic E-state index is 10.3. The molecule has 3 N–H and O–H groups in total. The lowest BCUT2D eigenvalue weighted by Crippen LogP contribution is -2.37. The fraction of sp³-hybridized carbons (Fsp3) is 0.778. The van der Waals surface area contributed by atoms with E-state index in [2.05, 4.69) is 22.2 Å². The molecular weight excluding hydrogens is 290 g/mol. The Hall–Kier alpha value is -1.04. The average molecular weight is 321 g/mol. The van der Waals surface area contributed by atoms with Crippen LogP contribution in [0.25, 0.3) is 0 Å². The Balaban J connectivity index is 1.95. The van der Waals surface area contributed by atoms with Gasteiger partial charge in [0.25, 0.3) is 0 Å². The molecule has 0 spiro atoms. The standard InChI is InChI=1S/C18H31N3O2/c1-3-4-5-6-8-20-17-11-18(23)16(12-22)15(17)10-14-7-9-19-13(2)21-14/h7,9,15-18,20,22-23H,3-6,8,10-12H2,1-2H3. The number of unbranched alkanes of at least 4 members (excludes halogenated alkanes) is 3. The minimum Gasteiger partial charge on any atom is -0.396 e. The molecule has 0 amide bonds. The number of hydrogen-bond acceptors (Lipinski definition) is 5. The van der Waals surface area contributed by atoms with Crippen LogP contribution in [0.15, 0.2) is 12.3 Å². The average Bonchev–Trinajstić information content (AvgIpc) is 2.82. The first kappa shape index (κ1) is 18.3. The first-order valence-corrected chi connectivity index (χ1v) is 8.96. The van der Waals surface area contributed by atoms with Gasteiger partial charge in [-0.05, 0) is 44.7 Å². The molecular formula is C18H31N3O2. The van der Waals surface area contributed by atoms with Gasteiger partial charge < -0.3 is 15.5 Å². The summed E-state index contributed by atoms with van der Waals surface area (Å²) in [6, 6.07) is 2.18. The van der Waals surface area contributed by atoms with Gasteiger partial charge in [-0.2, -0.15) is 0 Å². The molecule has 5 heteroatoms. The summed E-state index contributed by atoms with van der Waals surface area (Å²) in [4.78, 5) is 8.62. The van der Waals surface area contributed by atoms with E-state index in [1.165, 1.54) is 25.7 Å². The molecule has 1 heterocycles. The molecule has 130 valence electrons. The Bertz CT molecular complexity index is 469. The number of aliphatic hydroxyl groups excluding tert-OH is 2. The van der Waals surface area contributed by atoms with Gasteiger partial charge in [0.2, 0.25) is 0 Å². The molecule has 5 nitrogen and oxygen atoms in total. The third-order valence-electron chi connectivity index (χ3n) is 4.98. The number of hydrogen-bond donors (Lipinski definition) is 3. The zero-order valence-electron chi connectivity index (χ0n) is 14.4. The number of rotatable bonds is 9. The molecule has 1 fully saturated rings. The van der Waals surface area contributed by atoms with Crippen LogP contribution in [0.2, 0.25) is 0 Å². The minimum atomic E-state index is -0.430. The van der Waals surface area contributed by atoms with Gasteiger partial charge in [-0.25, -0.2) is 9.97 Å². The van der Waals surface area contributed by atoms with Crippen LogP contribution in [-0.4, -0.2) is 45.5 Å². The van der Waals surface area contributed by atoms with Crippen molar-refractivity contribution in [2.45, 2.75) is 64.5 Å².